The van der Waals surface area contributed by atoms with Crippen molar-refractivity contribution in [2.24, 2.45) is 0 Å². The van der Waals surface area contributed by atoms with Crippen LogP contribution in [-0.4, -0.2) is 49.4 Å². The van der Waals surface area contributed by atoms with Gasteiger partial charge < -0.3 is 15.5 Å². The molecule has 2 amide bonds. The van der Waals surface area contributed by atoms with Gasteiger partial charge in [-0.05, 0) is 50.8 Å². The molecular formula is C15H23N3O2S. The number of hydrogen-bond donors (Lipinski definition) is 2. The van der Waals surface area contributed by atoms with Crippen LogP contribution in [0.25, 0.3) is 0 Å². The third kappa shape index (κ3) is 5.47. The van der Waals surface area contributed by atoms with E-state index in [2.05, 4.69) is 22.6 Å². The minimum atomic E-state index is -0.0549. The normalized spacial score (nSPS) is 16.6. The first-order chi connectivity index (χ1) is 10.1. The quantitative estimate of drug-likeness (QED) is 0.782. The molecule has 1 aromatic heterocycles. The van der Waals surface area contributed by atoms with Gasteiger partial charge in [-0.3, -0.25) is 9.59 Å². The zero-order valence-electron chi connectivity index (χ0n) is 12.4. The molecule has 5 nitrogen and oxygen atoms in total. The highest BCUT2D eigenvalue weighted by atomic mass is 32.1. The number of likely N-dealkylation sites (tertiary alicyclic amines) is 1. The molecule has 1 aromatic rings. The summed E-state index contributed by atoms with van der Waals surface area (Å²) in [7, 11) is 2.11. The van der Waals surface area contributed by atoms with Gasteiger partial charge in [-0.1, -0.05) is 6.07 Å². The predicted molar refractivity (Wildman–Crippen MR) is 84.5 cm³/mol. The molecule has 2 heterocycles. The first-order valence-electron chi connectivity index (χ1n) is 7.45. The van der Waals surface area contributed by atoms with Gasteiger partial charge in [-0.25, -0.2) is 0 Å². The standard InChI is InChI=1S/C15H23N3O2S/c1-18-9-6-12(7-10-18)17-14(19)5-2-8-16-15(20)13-4-3-11-21-13/h3-4,11-12H,2,5-10H2,1H3,(H,16,20)(H,17,19). The number of hydrogen-bond acceptors (Lipinski definition) is 4. The van der Waals surface area contributed by atoms with E-state index >= 15 is 0 Å². The maximum absolute atomic E-state index is 11.8. The average Bonchev–Trinajstić information content (AvgIpc) is 3.00. The second-order valence-corrected chi connectivity index (χ2v) is 6.43. The van der Waals surface area contributed by atoms with Gasteiger partial charge in [0.05, 0.1) is 4.88 Å². The lowest BCUT2D eigenvalue weighted by molar-refractivity contribution is -0.122. The summed E-state index contributed by atoms with van der Waals surface area (Å²) in [6, 6.07) is 3.97. The minimum Gasteiger partial charge on any atom is -0.353 e. The third-order valence-electron chi connectivity index (χ3n) is 3.69. The van der Waals surface area contributed by atoms with E-state index in [9.17, 15) is 9.59 Å². The highest BCUT2D eigenvalue weighted by molar-refractivity contribution is 7.12. The second-order valence-electron chi connectivity index (χ2n) is 5.48. The van der Waals surface area contributed by atoms with Gasteiger partial charge >= 0.3 is 0 Å². The molecule has 1 saturated heterocycles. The maximum Gasteiger partial charge on any atom is 0.261 e. The lowest BCUT2D eigenvalue weighted by atomic mass is 10.1. The van der Waals surface area contributed by atoms with E-state index < -0.39 is 0 Å². The first-order valence-corrected chi connectivity index (χ1v) is 8.33. The Morgan fingerprint density at radius 1 is 1.38 bits per heavy atom. The minimum absolute atomic E-state index is 0.0549. The fraction of sp³-hybridized carbons (Fsp3) is 0.600. The number of nitrogens with zero attached hydrogens (tertiary/aromatic N) is 1. The van der Waals surface area contributed by atoms with Gasteiger partial charge in [0.1, 0.15) is 0 Å². The molecule has 0 aliphatic carbocycles. The van der Waals surface area contributed by atoms with E-state index in [1.165, 1.54) is 11.3 Å². The van der Waals surface area contributed by atoms with Crippen molar-refractivity contribution in [2.45, 2.75) is 31.7 Å². The molecule has 0 bridgehead atoms. The van der Waals surface area contributed by atoms with Gasteiger partial charge in [0.15, 0.2) is 0 Å². The number of carbonyl (C=O) groups excluding carboxylic acids is 2. The van der Waals surface area contributed by atoms with Crippen LogP contribution in [0.4, 0.5) is 0 Å². The fourth-order valence-electron chi connectivity index (χ4n) is 2.40. The smallest absolute Gasteiger partial charge is 0.261 e. The van der Waals surface area contributed by atoms with Crippen LogP contribution in [0, 0.1) is 0 Å². The number of rotatable bonds is 6. The largest absolute Gasteiger partial charge is 0.353 e. The Kier molecular flexibility index (Phi) is 6.20. The van der Waals surface area contributed by atoms with Gasteiger partial charge in [0.2, 0.25) is 5.91 Å². The number of thiophene rings is 1. The molecule has 6 heteroatoms. The molecule has 1 fully saturated rings. The Morgan fingerprint density at radius 2 is 2.14 bits per heavy atom. The summed E-state index contributed by atoms with van der Waals surface area (Å²) in [5.74, 6) is 0.0376. The highest BCUT2D eigenvalue weighted by Gasteiger charge is 2.18. The average molecular weight is 309 g/mol. The Labute approximate surface area is 129 Å². The van der Waals surface area contributed by atoms with Crippen molar-refractivity contribution in [3.05, 3.63) is 22.4 Å². The molecule has 116 valence electrons. The van der Waals surface area contributed by atoms with E-state index in [0.717, 1.165) is 25.9 Å². The van der Waals surface area contributed by atoms with Crippen LogP contribution in [0.2, 0.25) is 0 Å². The maximum atomic E-state index is 11.8. The van der Waals surface area contributed by atoms with Crippen molar-refractivity contribution >= 4 is 23.2 Å². The van der Waals surface area contributed by atoms with E-state index in [1.807, 2.05) is 11.4 Å². The van der Waals surface area contributed by atoms with Crippen LogP contribution >= 0.6 is 11.3 Å². The Balaban J connectivity index is 1.56. The zero-order chi connectivity index (χ0) is 15.1. The first kappa shape index (κ1) is 16.0. The fourth-order valence-corrected chi connectivity index (χ4v) is 3.04. The summed E-state index contributed by atoms with van der Waals surface area (Å²) in [6.07, 6.45) is 3.20. The second kappa shape index (κ2) is 8.14. The number of nitrogens with one attached hydrogen (secondary N) is 2. The summed E-state index contributed by atoms with van der Waals surface area (Å²) in [4.78, 5) is 26.5. The van der Waals surface area contributed by atoms with E-state index in [0.29, 0.717) is 30.3 Å². The molecule has 21 heavy (non-hydrogen) atoms. The monoisotopic (exact) mass is 309 g/mol. The molecule has 0 spiro atoms. The Morgan fingerprint density at radius 3 is 2.81 bits per heavy atom. The Bertz CT molecular complexity index is 453. The van der Waals surface area contributed by atoms with Crippen LogP contribution < -0.4 is 10.6 Å². The molecule has 0 unspecified atom stereocenters. The molecule has 0 atom stereocenters. The van der Waals surface area contributed by atoms with Crippen molar-refractivity contribution in [1.82, 2.24) is 15.5 Å². The van der Waals surface area contributed by atoms with Crippen LogP contribution in [0.5, 0.6) is 0 Å². The summed E-state index contributed by atoms with van der Waals surface area (Å²) in [6.45, 7) is 2.63. The number of amides is 2. The Hall–Kier alpha value is -1.40. The SMILES string of the molecule is CN1CCC(NC(=O)CCCNC(=O)c2cccs2)CC1. The molecule has 1 aliphatic rings. The van der Waals surface area contributed by atoms with E-state index in [1.54, 1.807) is 6.07 Å². The summed E-state index contributed by atoms with van der Waals surface area (Å²) >= 11 is 1.42. The lowest BCUT2D eigenvalue weighted by Gasteiger charge is -2.29. The van der Waals surface area contributed by atoms with Crippen LogP contribution in [0.15, 0.2) is 17.5 Å². The number of carbonyl (C=O) groups is 2. The van der Waals surface area contributed by atoms with E-state index in [-0.39, 0.29) is 11.8 Å². The highest BCUT2D eigenvalue weighted by Crippen LogP contribution is 2.09. The van der Waals surface area contributed by atoms with Gasteiger partial charge in [0.25, 0.3) is 5.91 Å². The topological polar surface area (TPSA) is 61.4 Å². The van der Waals surface area contributed by atoms with Crippen molar-refractivity contribution < 1.29 is 9.59 Å². The summed E-state index contributed by atoms with van der Waals surface area (Å²) in [5.41, 5.74) is 0. The van der Waals surface area contributed by atoms with Crippen LogP contribution in [0.1, 0.15) is 35.4 Å². The van der Waals surface area contributed by atoms with Crippen LogP contribution in [0.3, 0.4) is 0 Å². The number of piperidine rings is 1. The predicted octanol–water partition coefficient (Wildman–Crippen LogP) is 1.47. The molecule has 0 radical (unpaired) electrons. The van der Waals surface area contributed by atoms with Crippen molar-refractivity contribution in [3.8, 4) is 0 Å². The van der Waals surface area contributed by atoms with Gasteiger partial charge in [-0.2, -0.15) is 0 Å². The molecule has 2 N–H and O–H groups in total. The van der Waals surface area contributed by atoms with Gasteiger partial charge in [-0.15, -0.1) is 11.3 Å². The third-order valence-corrected chi connectivity index (χ3v) is 4.56. The zero-order valence-corrected chi connectivity index (χ0v) is 13.2. The molecule has 2 rings (SSSR count). The summed E-state index contributed by atoms with van der Waals surface area (Å²) < 4.78 is 0. The van der Waals surface area contributed by atoms with Crippen molar-refractivity contribution in [2.75, 3.05) is 26.7 Å². The van der Waals surface area contributed by atoms with E-state index in [4.69, 9.17) is 0 Å². The van der Waals surface area contributed by atoms with Crippen LogP contribution in [-0.2, 0) is 4.79 Å². The lowest BCUT2D eigenvalue weighted by Crippen LogP contribution is -2.43. The van der Waals surface area contributed by atoms with Crippen molar-refractivity contribution in [3.63, 3.8) is 0 Å². The summed E-state index contributed by atoms with van der Waals surface area (Å²) in [5, 5.41) is 7.79. The molecule has 1 aliphatic heterocycles. The molecule has 0 saturated carbocycles. The molecular weight excluding hydrogens is 286 g/mol. The van der Waals surface area contributed by atoms with Crippen molar-refractivity contribution in [1.29, 1.82) is 0 Å². The molecule has 0 aromatic carbocycles. The van der Waals surface area contributed by atoms with Gasteiger partial charge in [0, 0.05) is 19.0 Å².